The Morgan fingerprint density at radius 2 is 1.87 bits per heavy atom. The molecule has 14 heteroatoms. The van der Waals surface area contributed by atoms with Gasteiger partial charge in [0.1, 0.15) is 18.0 Å². The third-order valence-corrected chi connectivity index (χ3v) is 9.73. The van der Waals surface area contributed by atoms with Crippen molar-refractivity contribution in [3.63, 3.8) is 0 Å². The number of rotatable bonds is 8. The van der Waals surface area contributed by atoms with Crippen molar-refractivity contribution in [1.82, 2.24) is 30.1 Å². The number of amides is 4. The molecule has 0 radical (unpaired) electrons. The van der Waals surface area contributed by atoms with E-state index >= 15 is 0 Å². The molecule has 3 heterocycles. The van der Waals surface area contributed by atoms with Gasteiger partial charge in [-0.25, -0.2) is 9.78 Å². The quantitative estimate of drug-likeness (QED) is 0.286. The Morgan fingerprint density at radius 3 is 2.60 bits per heavy atom. The van der Waals surface area contributed by atoms with Gasteiger partial charge in [0.25, 0.3) is 0 Å². The molecule has 4 amide bonds. The number of fused-ring (bicyclic) bond motifs is 2. The molecule has 0 unspecified atom stereocenters. The number of thiazole rings is 1. The van der Waals surface area contributed by atoms with E-state index in [-0.39, 0.29) is 38.0 Å². The molecule has 3 N–H and O–H groups in total. The Labute approximate surface area is 274 Å². The fourth-order valence-electron chi connectivity index (χ4n) is 5.85. The van der Waals surface area contributed by atoms with Gasteiger partial charge in [-0.1, -0.05) is 64.9 Å². The zero-order valence-electron chi connectivity index (χ0n) is 24.6. The van der Waals surface area contributed by atoms with Crippen molar-refractivity contribution in [3.05, 3.63) is 87.4 Å². The maximum atomic E-state index is 14.1. The summed E-state index contributed by atoms with van der Waals surface area (Å²) in [4.78, 5) is 48.9. The molecule has 3 aromatic carbocycles. The number of nitrogen functional groups attached to an aromatic ring is 1. The average Bonchev–Trinajstić information content (AvgIpc) is 3.58. The topological polar surface area (TPSA) is 124 Å². The van der Waals surface area contributed by atoms with Gasteiger partial charge in [0.05, 0.1) is 40.5 Å². The van der Waals surface area contributed by atoms with E-state index in [1.807, 2.05) is 42.5 Å². The number of nitrogens with one attached hydrogen (secondary N) is 1. The number of benzene rings is 3. The number of anilines is 1. The summed E-state index contributed by atoms with van der Waals surface area (Å²) < 4.78 is 6.23. The smallest absolute Gasteiger partial charge is 0.332 e. The van der Waals surface area contributed by atoms with Crippen molar-refractivity contribution in [3.8, 4) is 5.75 Å². The summed E-state index contributed by atoms with van der Waals surface area (Å²) in [6.45, 7) is 0.629. The van der Waals surface area contributed by atoms with Crippen LogP contribution in [0.5, 0.6) is 5.75 Å². The van der Waals surface area contributed by atoms with E-state index in [1.54, 1.807) is 47.2 Å². The van der Waals surface area contributed by atoms with Crippen LogP contribution in [0.25, 0.3) is 10.2 Å². The summed E-state index contributed by atoms with van der Waals surface area (Å²) in [7, 11) is 3.20. The Bertz CT molecular complexity index is 1770. The fourth-order valence-corrected chi connectivity index (χ4v) is 6.95. The van der Waals surface area contributed by atoms with Gasteiger partial charge in [0.2, 0.25) is 11.8 Å². The minimum Gasteiger partial charge on any atom is -0.497 e. The number of nitrogens with zero attached hydrogens (tertiary/aromatic N) is 5. The first-order chi connectivity index (χ1) is 21.6. The van der Waals surface area contributed by atoms with Gasteiger partial charge in [0.15, 0.2) is 5.13 Å². The number of halogens is 2. The van der Waals surface area contributed by atoms with E-state index < -0.39 is 18.2 Å². The van der Waals surface area contributed by atoms with E-state index in [2.05, 4.69) is 10.3 Å². The Balaban J connectivity index is 1.27. The van der Waals surface area contributed by atoms with Crippen molar-refractivity contribution in [2.45, 2.75) is 31.7 Å². The molecule has 2 fully saturated rings. The van der Waals surface area contributed by atoms with Crippen LogP contribution in [0, 0.1) is 0 Å². The molecule has 2 atom stereocenters. The maximum Gasteiger partial charge on any atom is 0.332 e. The number of carbonyl (C=O) groups is 3. The van der Waals surface area contributed by atoms with Gasteiger partial charge in [-0.05, 0) is 47.0 Å². The van der Waals surface area contributed by atoms with Crippen molar-refractivity contribution in [2.24, 2.45) is 0 Å². The Hall–Kier alpha value is -4.10. The molecule has 0 aliphatic carbocycles. The Morgan fingerprint density at radius 1 is 1.11 bits per heavy atom. The molecule has 0 saturated carbocycles. The molecule has 4 aromatic rings. The second-order valence-electron chi connectivity index (χ2n) is 10.9. The molecule has 45 heavy (non-hydrogen) atoms. The first-order valence-corrected chi connectivity index (χ1v) is 15.8. The minimum absolute atomic E-state index is 0.0558. The van der Waals surface area contributed by atoms with Crippen LogP contribution < -0.4 is 15.8 Å². The number of hydrogen-bond donors (Lipinski definition) is 2. The van der Waals surface area contributed by atoms with E-state index in [1.165, 1.54) is 16.3 Å². The number of hydrazine groups is 1. The van der Waals surface area contributed by atoms with Crippen molar-refractivity contribution in [2.75, 3.05) is 33.0 Å². The lowest BCUT2D eigenvalue weighted by atomic mass is 9.99. The molecule has 0 bridgehead atoms. The summed E-state index contributed by atoms with van der Waals surface area (Å²) in [6, 6.07) is 17.2. The van der Waals surface area contributed by atoms with Gasteiger partial charge in [-0.2, -0.15) is 5.01 Å². The number of carbonyl (C=O) groups excluding carboxylic acids is 3. The van der Waals surface area contributed by atoms with E-state index in [0.29, 0.717) is 27.3 Å². The molecule has 11 nitrogen and oxygen atoms in total. The molecular weight excluding hydrogens is 637 g/mol. The summed E-state index contributed by atoms with van der Waals surface area (Å²) >= 11 is 13.6. The standard InChI is InChI=1S/C31H31Cl2N7O4S/c1-37(31(43)35-14-19-8-11-22(32)23(33)12-19)39-17-27(41)40-24(13-18-6-9-21(44-2)10-7-18)29(42)38(16-26(39)40)15-20-4-3-5-25-28(20)36-30(34)45-25/h3-12,24,26H,13-17H2,1-2H3,(H2,34,36)(H,35,43)/t24-,26+/m0/s1. The lowest BCUT2D eigenvalue weighted by molar-refractivity contribution is -0.157. The predicted molar refractivity (Wildman–Crippen MR) is 174 cm³/mol. The fraction of sp³-hybridized carbons (Fsp3) is 0.290. The van der Waals surface area contributed by atoms with Crippen LogP contribution in [-0.2, 0) is 29.1 Å². The highest BCUT2D eigenvalue weighted by molar-refractivity contribution is 7.22. The summed E-state index contributed by atoms with van der Waals surface area (Å²) in [5.74, 6) is 0.287. The van der Waals surface area contributed by atoms with Crippen LogP contribution in [0.3, 0.4) is 0 Å². The van der Waals surface area contributed by atoms with E-state index in [0.717, 1.165) is 26.9 Å². The number of ether oxygens (including phenoxy) is 1. The molecule has 2 saturated heterocycles. The number of methoxy groups -OCH3 is 1. The molecular formula is C31H31Cl2N7O4S. The summed E-state index contributed by atoms with van der Waals surface area (Å²) in [6.07, 6.45) is -0.268. The average molecular weight is 669 g/mol. The minimum atomic E-state index is -0.776. The monoisotopic (exact) mass is 667 g/mol. The number of nitrogens with two attached hydrogens (primary N) is 1. The molecule has 1 aromatic heterocycles. The highest BCUT2D eigenvalue weighted by Crippen LogP contribution is 2.32. The first kappa shape index (κ1) is 30.9. The van der Waals surface area contributed by atoms with Crippen molar-refractivity contribution in [1.29, 1.82) is 0 Å². The zero-order valence-corrected chi connectivity index (χ0v) is 26.9. The molecule has 0 spiro atoms. The SMILES string of the molecule is COc1ccc(C[C@H]2C(=O)N(Cc3cccc4sc(N)nc34)C[C@H]3N2C(=O)CN3N(C)C(=O)NCc2ccc(Cl)c(Cl)c2)cc1. The zero-order chi connectivity index (χ0) is 31.8. The molecule has 2 aliphatic rings. The third kappa shape index (κ3) is 6.23. The van der Waals surface area contributed by atoms with Gasteiger partial charge in [-0.15, -0.1) is 0 Å². The highest BCUT2D eigenvalue weighted by Gasteiger charge is 2.51. The summed E-state index contributed by atoms with van der Waals surface area (Å²) in [5.41, 5.74) is 9.26. The van der Waals surface area contributed by atoms with Crippen LogP contribution in [0.1, 0.15) is 16.7 Å². The molecule has 234 valence electrons. The van der Waals surface area contributed by atoms with Crippen molar-refractivity contribution >= 4 is 67.7 Å². The van der Waals surface area contributed by atoms with Gasteiger partial charge in [-0.3, -0.25) is 14.6 Å². The lowest BCUT2D eigenvalue weighted by Crippen LogP contribution is -2.65. The Kier molecular flexibility index (Phi) is 8.74. The number of piperazine rings is 1. The van der Waals surface area contributed by atoms with E-state index in [4.69, 9.17) is 33.7 Å². The maximum absolute atomic E-state index is 14.1. The van der Waals surface area contributed by atoms with E-state index in [9.17, 15) is 14.4 Å². The van der Waals surface area contributed by atoms with Gasteiger partial charge < -0.3 is 25.6 Å². The molecule has 2 aliphatic heterocycles. The first-order valence-electron chi connectivity index (χ1n) is 14.2. The number of aromatic nitrogens is 1. The largest absolute Gasteiger partial charge is 0.497 e. The van der Waals surface area contributed by atoms with Crippen molar-refractivity contribution < 1.29 is 19.1 Å². The van der Waals surface area contributed by atoms with Crippen LogP contribution in [0.15, 0.2) is 60.7 Å². The third-order valence-electron chi connectivity index (χ3n) is 8.14. The van der Waals surface area contributed by atoms with Crippen LogP contribution in [0.2, 0.25) is 10.0 Å². The highest BCUT2D eigenvalue weighted by atomic mass is 35.5. The van der Waals surface area contributed by atoms with Crippen LogP contribution in [-0.4, -0.2) is 82.1 Å². The normalized spacial score (nSPS) is 18.4. The second kappa shape index (κ2) is 12.7. The second-order valence-corrected chi connectivity index (χ2v) is 12.8. The molecule has 6 rings (SSSR count). The summed E-state index contributed by atoms with van der Waals surface area (Å²) in [5, 5.41) is 7.25. The predicted octanol–water partition coefficient (Wildman–Crippen LogP) is 4.37. The van der Waals surface area contributed by atoms with Gasteiger partial charge in [0, 0.05) is 26.6 Å². The van der Waals surface area contributed by atoms with Crippen LogP contribution >= 0.6 is 34.5 Å². The van der Waals surface area contributed by atoms with Crippen LogP contribution in [0.4, 0.5) is 9.93 Å². The number of urea groups is 1. The number of para-hydroxylation sites is 1. The number of hydrogen-bond acceptors (Lipinski definition) is 8. The van der Waals surface area contributed by atoms with Gasteiger partial charge >= 0.3 is 6.03 Å². The lowest BCUT2D eigenvalue weighted by Gasteiger charge is -2.45.